The Morgan fingerprint density at radius 2 is 1.55 bits per heavy atom. The van der Waals surface area contributed by atoms with Crippen molar-refractivity contribution < 1.29 is 37.1 Å². The Bertz CT molecular complexity index is 945. The number of halogens is 4. The van der Waals surface area contributed by atoms with Gasteiger partial charge >= 0.3 is 12.1 Å². The molecule has 31 heavy (non-hydrogen) atoms. The number of alkyl halides is 3. The van der Waals surface area contributed by atoms with Gasteiger partial charge in [0.25, 0.3) is 0 Å². The van der Waals surface area contributed by atoms with E-state index in [4.69, 9.17) is 0 Å². The van der Waals surface area contributed by atoms with Crippen LogP contribution in [0.4, 0.5) is 17.6 Å². The largest absolute Gasteiger partial charge is 0.480 e. The molecule has 0 fully saturated rings. The third-order valence-corrected chi connectivity index (χ3v) is 4.36. The second-order valence-corrected chi connectivity index (χ2v) is 6.89. The average molecular weight is 440 g/mol. The first-order valence-corrected chi connectivity index (χ1v) is 9.16. The molecule has 6 nitrogen and oxygen atoms in total. The maximum atomic E-state index is 13.1. The Balaban J connectivity index is 2.17. The van der Waals surface area contributed by atoms with Crippen LogP contribution in [0.5, 0.6) is 0 Å². The third-order valence-electron chi connectivity index (χ3n) is 4.36. The highest BCUT2D eigenvalue weighted by atomic mass is 19.4. The highest BCUT2D eigenvalue weighted by Crippen LogP contribution is 2.29. The first-order valence-electron chi connectivity index (χ1n) is 9.16. The van der Waals surface area contributed by atoms with Crippen LogP contribution in [0.3, 0.4) is 0 Å². The lowest BCUT2D eigenvalue weighted by molar-refractivity contribution is -0.142. The predicted octanol–water partition coefficient (Wildman–Crippen LogP) is 2.70. The number of rotatable bonds is 8. The Hall–Kier alpha value is -3.43. The monoisotopic (exact) mass is 440 g/mol. The molecule has 3 N–H and O–H groups in total. The molecule has 0 saturated carbocycles. The smallest absolute Gasteiger partial charge is 0.416 e. The van der Waals surface area contributed by atoms with Gasteiger partial charge in [-0.15, -0.1) is 0 Å². The van der Waals surface area contributed by atoms with Gasteiger partial charge in [0.15, 0.2) is 0 Å². The Morgan fingerprint density at radius 1 is 0.935 bits per heavy atom. The van der Waals surface area contributed by atoms with Crippen molar-refractivity contribution in [2.45, 2.75) is 38.0 Å². The number of carboxylic acid groups (broad SMARTS) is 1. The van der Waals surface area contributed by atoms with Gasteiger partial charge in [-0.25, -0.2) is 9.18 Å². The SMILES string of the molecule is CC(=O)N[C@@H](Cc1ccc(F)cc1)C(=O)N[C@H](Cc1cccc(C(F)(F)F)c1)C(=O)O. The fraction of sp³-hybridized carbons (Fsp3) is 0.286. The summed E-state index contributed by atoms with van der Waals surface area (Å²) in [6.45, 7) is 1.17. The van der Waals surface area contributed by atoms with Crippen molar-refractivity contribution >= 4 is 17.8 Å². The summed E-state index contributed by atoms with van der Waals surface area (Å²) >= 11 is 0. The van der Waals surface area contributed by atoms with Crippen molar-refractivity contribution in [3.8, 4) is 0 Å². The van der Waals surface area contributed by atoms with Crippen LogP contribution in [0, 0.1) is 5.82 Å². The van der Waals surface area contributed by atoms with Crippen molar-refractivity contribution in [3.63, 3.8) is 0 Å². The van der Waals surface area contributed by atoms with Gasteiger partial charge in [0.1, 0.15) is 17.9 Å². The highest BCUT2D eigenvalue weighted by Gasteiger charge is 2.31. The van der Waals surface area contributed by atoms with Gasteiger partial charge in [-0.1, -0.05) is 30.3 Å². The summed E-state index contributed by atoms with van der Waals surface area (Å²) in [6.07, 6.45) is -5.03. The maximum Gasteiger partial charge on any atom is 0.416 e. The van der Waals surface area contributed by atoms with Crippen LogP contribution < -0.4 is 10.6 Å². The normalized spacial score (nSPS) is 13.2. The molecule has 10 heteroatoms. The van der Waals surface area contributed by atoms with E-state index >= 15 is 0 Å². The molecule has 0 bridgehead atoms. The van der Waals surface area contributed by atoms with Crippen LogP contribution in [0.2, 0.25) is 0 Å². The standard InChI is InChI=1S/C21H20F4N2O4/c1-12(28)26-17(10-13-5-7-16(22)8-6-13)19(29)27-18(20(30)31)11-14-3-2-4-15(9-14)21(23,24)25/h2-9,17-18H,10-11H2,1H3,(H,26,28)(H,27,29)(H,30,31)/t17-,18+/m0/s1. The van der Waals surface area contributed by atoms with Gasteiger partial charge in [-0.2, -0.15) is 13.2 Å². The molecular formula is C21H20F4N2O4. The minimum Gasteiger partial charge on any atom is -0.480 e. The van der Waals surface area contributed by atoms with E-state index < -0.39 is 53.8 Å². The topological polar surface area (TPSA) is 95.5 Å². The fourth-order valence-electron chi connectivity index (χ4n) is 2.89. The molecule has 0 saturated heterocycles. The van der Waals surface area contributed by atoms with Crippen LogP contribution >= 0.6 is 0 Å². The lowest BCUT2D eigenvalue weighted by Crippen LogP contribution is -2.52. The van der Waals surface area contributed by atoms with Crippen LogP contribution in [0.15, 0.2) is 48.5 Å². The number of hydrogen-bond donors (Lipinski definition) is 3. The number of aliphatic carboxylic acids is 1. The first kappa shape index (κ1) is 23.8. The van der Waals surface area contributed by atoms with E-state index in [0.717, 1.165) is 18.2 Å². The molecule has 0 aliphatic rings. The maximum absolute atomic E-state index is 13.1. The summed E-state index contributed by atoms with van der Waals surface area (Å²) in [5.74, 6) is -3.32. The van der Waals surface area contributed by atoms with E-state index in [9.17, 15) is 37.1 Å². The summed E-state index contributed by atoms with van der Waals surface area (Å²) in [5.41, 5.74) is -0.356. The van der Waals surface area contributed by atoms with Crippen LogP contribution in [0.1, 0.15) is 23.6 Å². The quantitative estimate of drug-likeness (QED) is 0.550. The molecule has 166 valence electrons. The van der Waals surface area contributed by atoms with Gasteiger partial charge < -0.3 is 15.7 Å². The molecule has 0 spiro atoms. The number of benzene rings is 2. The number of amides is 2. The van der Waals surface area contributed by atoms with Gasteiger partial charge in [0, 0.05) is 19.8 Å². The minimum atomic E-state index is -4.59. The molecule has 2 aromatic rings. The zero-order chi connectivity index (χ0) is 23.2. The first-order chi connectivity index (χ1) is 14.5. The number of carboxylic acids is 1. The zero-order valence-corrected chi connectivity index (χ0v) is 16.4. The summed E-state index contributed by atoms with van der Waals surface area (Å²) in [4.78, 5) is 35.7. The molecule has 0 aliphatic carbocycles. The van der Waals surface area contributed by atoms with E-state index in [-0.39, 0.29) is 12.0 Å². The second-order valence-electron chi connectivity index (χ2n) is 6.89. The Morgan fingerprint density at radius 3 is 2.10 bits per heavy atom. The lowest BCUT2D eigenvalue weighted by atomic mass is 10.0. The van der Waals surface area contributed by atoms with Gasteiger partial charge in [-0.05, 0) is 29.3 Å². The number of carbonyl (C=O) groups is 3. The number of nitrogens with one attached hydrogen (secondary N) is 2. The fourth-order valence-corrected chi connectivity index (χ4v) is 2.89. The molecule has 2 amide bonds. The molecule has 2 aromatic carbocycles. The molecule has 2 atom stereocenters. The highest BCUT2D eigenvalue weighted by molar-refractivity contribution is 5.90. The van der Waals surface area contributed by atoms with Crippen molar-refractivity contribution in [1.29, 1.82) is 0 Å². The summed E-state index contributed by atoms with van der Waals surface area (Å²) < 4.78 is 51.7. The summed E-state index contributed by atoms with van der Waals surface area (Å²) in [5, 5.41) is 14.1. The average Bonchev–Trinajstić information content (AvgIpc) is 2.67. The van der Waals surface area contributed by atoms with Crippen molar-refractivity contribution in [3.05, 3.63) is 71.0 Å². The molecule has 2 rings (SSSR count). The molecule has 0 radical (unpaired) electrons. The van der Waals surface area contributed by atoms with Crippen molar-refractivity contribution in [2.75, 3.05) is 0 Å². The van der Waals surface area contributed by atoms with Crippen LogP contribution in [-0.2, 0) is 33.4 Å². The lowest BCUT2D eigenvalue weighted by Gasteiger charge is -2.21. The Labute approximate surface area is 175 Å². The summed E-state index contributed by atoms with van der Waals surface area (Å²) in [7, 11) is 0. The molecular weight excluding hydrogens is 420 g/mol. The van der Waals surface area contributed by atoms with E-state index in [0.29, 0.717) is 5.56 Å². The van der Waals surface area contributed by atoms with Crippen molar-refractivity contribution in [2.24, 2.45) is 0 Å². The van der Waals surface area contributed by atoms with E-state index in [1.54, 1.807) is 0 Å². The van der Waals surface area contributed by atoms with Gasteiger partial charge in [-0.3, -0.25) is 9.59 Å². The summed E-state index contributed by atoms with van der Waals surface area (Å²) in [6, 6.07) is 6.61. The van der Waals surface area contributed by atoms with E-state index in [1.165, 1.54) is 37.3 Å². The number of carbonyl (C=O) groups excluding carboxylic acids is 2. The molecule has 0 aromatic heterocycles. The van der Waals surface area contributed by atoms with Gasteiger partial charge in [0.2, 0.25) is 11.8 Å². The molecule has 0 aliphatic heterocycles. The van der Waals surface area contributed by atoms with Crippen LogP contribution in [0.25, 0.3) is 0 Å². The van der Waals surface area contributed by atoms with Gasteiger partial charge in [0.05, 0.1) is 5.56 Å². The number of hydrogen-bond acceptors (Lipinski definition) is 3. The van der Waals surface area contributed by atoms with E-state index in [2.05, 4.69) is 10.6 Å². The zero-order valence-electron chi connectivity index (χ0n) is 16.4. The minimum absolute atomic E-state index is 0.0401. The predicted molar refractivity (Wildman–Crippen MR) is 102 cm³/mol. The van der Waals surface area contributed by atoms with E-state index in [1.807, 2.05) is 0 Å². The van der Waals surface area contributed by atoms with Crippen molar-refractivity contribution in [1.82, 2.24) is 10.6 Å². The molecule has 0 heterocycles. The second kappa shape index (κ2) is 10.1. The van der Waals surface area contributed by atoms with Crippen LogP contribution in [-0.4, -0.2) is 35.0 Å². The molecule has 0 unspecified atom stereocenters. The third kappa shape index (κ3) is 7.40. The Kier molecular flexibility index (Phi) is 7.73.